The number of aromatic nitrogens is 1. The number of anilines is 2. The highest BCUT2D eigenvalue weighted by Gasteiger charge is 2.15. The number of benzene rings is 2. The zero-order chi connectivity index (χ0) is 16.4. The van der Waals surface area contributed by atoms with E-state index >= 15 is 0 Å². The van der Waals surface area contributed by atoms with Gasteiger partial charge in [0.05, 0.1) is 18.3 Å². The van der Waals surface area contributed by atoms with Crippen molar-refractivity contribution in [2.24, 2.45) is 0 Å². The Kier molecular flexibility index (Phi) is 4.04. The van der Waals surface area contributed by atoms with Crippen LogP contribution in [0.2, 0.25) is 5.02 Å². The third kappa shape index (κ3) is 3.05. The Balaban J connectivity index is 2.14. The molecule has 1 aromatic heterocycles. The minimum atomic E-state index is -1.06. The van der Waals surface area contributed by atoms with Crippen molar-refractivity contribution in [1.29, 1.82) is 0 Å². The van der Waals surface area contributed by atoms with Gasteiger partial charge < -0.3 is 15.2 Å². The molecular weight excluding hydrogens is 316 g/mol. The lowest BCUT2D eigenvalue weighted by Crippen LogP contribution is -2.04. The molecule has 6 heteroatoms. The van der Waals surface area contributed by atoms with Gasteiger partial charge in [0.15, 0.2) is 0 Å². The maximum absolute atomic E-state index is 11.5. The van der Waals surface area contributed by atoms with E-state index in [0.29, 0.717) is 21.6 Å². The molecule has 23 heavy (non-hydrogen) atoms. The molecule has 0 bridgehead atoms. The van der Waals surface area contributed by atoms with Crippen molar-refractivity contribution in [2.75, 3.05) is 12.4 Å². The number of carboxylic acid groups (broad SMARTS) is 1. The molecule has 0 amide bonds. The Morgan fingerprint density at radius 3 is 2.61 bits per heavy atom. The van der Waals surface area contributed by atoms with Gasteiger partial charge in [0.1, 0.15) is 11.3 Å². The summed E-state index contributed by atoms with van der Waals surface area (Å²) in [4.78, 5) is 15.7. The van der Waals surface area contributed by atoms with Crippen LogP contribution in [0.5, 0.6) is 5.75 Å². The van der Waals surface area contributed by atoms with E-state index in [1.165, 1.54) is 6.20 Å². The maximum Gasteiger partial charge on any atom is 0.339 e. The first-order chi connectivity index (χ1) is 11.1. The molecule has 2 aromatic carbocycles. The standard InChI is InChI=1S/C17H13ClN2O3/c1-23-12-5-3-11(4-6-12)20-16-13-8-10(18)2-7-15(13)19-9-14(16)17(21)22/h2-9H,1H3,(H,19,20)(H,21,22). The van der Waals surface area contributed by atoms with Crippen LogP contribution in [0.25, 0.3) is 10.9 Å². The predicted octanol–water partition coefficient (Wildman–Crippen LogP) is 4.34. The van der Waals surface area contributed by atoms with Crippen molar-refractivity contribution in [3.05, 3.63) is 59.2 Å². The van der Waals surface area contributed by atoms with E-state index in [-0.39, 0.29) is 5.56 Å². The second-order valence-electron chi connectivity index (χ2n) is 4.87. The quantitative estimate of drug-likeness (QED) is 0.745. The first-order valence-corrected chi connectivity index (χ1v) is 7.19. The van der Waals surface area contributed by atoms with E-state index in [1.54, 1.807) is 49.6 Å². The van der Waals surface area contributed by atoms with Gasteiger partial charge in [-0.1, -0.05) is 11.6 Å². The van der Waals surface area contributed by atoms with Crippen molar-refractivity contribution < 1.29 is 14.6 Å². The Morgan fingerprint density at radius 1 is 1.22 bits per heavy atom. The van der Waals surface area contributed by atoms with E-state index in [0.717, 1.165) is 11.4 Å². The SMILES string of the molecule is COc1ccc(Nc2c(C(=O)O)cnc3ccc(Cl)cc23)cc1. The molecule has 3 aromatic rings. The van der Waals surface area contributed by atoms with E-state index < -0.39 is 5.97 Å². The van der Waals surface area contributed by atoms with Gasteiger partial charge in [0.2, 0.25) is 0 Å². The van der Waals surface area contributed by atoms with Gasteiger partial charge in [0, 0.05) is 22.3 Å². The fourth-order valence-corrected chi connectivity index (χ4v) is 2.45. The van der Waals surface area contributed by atoms with Crippen LogP contribution in [-0.4, -0.2) is 23.2 Å². The van der Waals surface area contributed by atoms with Gasteiger partial charge in [-0.25, -0.2) is 4.79 Å². The topological polar surface area (TPSA) is 71.5 Å². The molecule has 5 nitrogen and oxygen atoms in total. The molecule has 1 heterocycles. The summed E-state index contributed by atoms with van der Waals surface area (Å²) in [5, 5.41) is 13.7. The minimum Gasteiger partial charge on any atom is -0.497 e. The summed E-state index contributed by atoms with van der Waals surface area (Å²) in [7, 11) is 1.59. The number of methoxy groups -OCH3 is 1. The van der Waals surface area contributed by atoms with E-state index in [4.69, 9.17) is 16.3 Å². The van der Waals surface area contributed by atoms with E-state index in [2.05, 4.69) is 10.3 Å². The smallest absolute Gasteiger partial charge is 0.339 e. The van der Waals surface area contributed by atoms with Crippen LogP contribution in [0, 0.1) is 0 Å². The molecule has 0 unspecified atom stereocenters. The molecule has 0 aliphatic carbocycles. The third-order valence-corrected chi connectivity index (χ3v) is 3.65. The minimum absolute atomic E-state index is 0.0792. The Bertz CT molecular complexity index is 879. The fourth-order valence-electron chi connectivity index (χ4n) is 2.28. The fraction of sp³-hybridized carbons (Fsp3) is 0.0588. The van der Waals surface area contributed by atoms with Crippen molar-refractivity contribution in [2.45, 2.75) is 0 Å². The van der Waals surface area contributed by atoms with Gasteiger partial charge in [-0.15, -0.1) is 0 Å². The number of nitrogens with one attached hydrogen (secondary N) is 1. The second-order valence-corrected chi connectivity index (χ2v) is 5.30. The number of ether oxygens (including phenoxy) is 1. The van der Waals surface area contributed by atoms with Gasteiger partial charge in [-0.05, 0) is 42.5 Å². The van der Waals surface area contributed by atoms with Crippen LogP contribution in [0.15, 0.2) is 48.7 Å². The van der Waals surface area contributed by atoms with Crippen LogP contribution in [0.3, 0.4) is 0 Å². The average molecular weight is 329 g/mol. The molecule has 0 aliphatic rings. The molecular formula is C17H13ClN2O3. The van der Waals surface area contributed by atoms with Crippen molar-refractivity contribution in [3.8, 4) is 5.75 Å². The number of hydrogen-bond acceptors (Lipinski definition) is 4. The number of halogens is 1. The molecule has 2 N–H and O–H groups in total. The summed E-state index contributed by atoms with van der Waals surface area (Å²) in [5.74, 6) is -0.341. The van der Waals surface area contributed by atoms with Crippen molar-refractivity contribution in [3.63, 3.8) is 0 Å². The number of rotatable bonds is 4. The van der Waals surface area contributed by atoms with E-state index in [1.807, 2.05) is 0 Å². The summed E-state index contributed by atoms with van der Waals surface area (Å²) in [6.07, 6.45) is 1.34. The van der Waals surface area contributed by atoms with Gasteiger partial charge in [-0.3, -0.25) is 4.98 Å². The van der Waals surface area contributed by atoms with Crippen molar-refractivity contribution in [1.82, 2.24) is 4.98 Å². The number of nitrogens with zero attached hydrogens (tertiary/aromatic N) is 1. The normalized spacial score (nSPS) is 10.5. The predicted molar refractivity (Wildman–Crippen MR) is 90.0 cm³/mol. The maximum atomic E-state index is 11.5. The Hall–Kier alpha value is -2.79. The van der Waals surface area contributed by atoms with Crippen LogP contribution in [0.1, 0.15) is 10.4 Å². The van der Waals surface area contributed by atoms with Gasteiger partial charge in [-0.2, -0.15) is 0 Å². The van der Waals surface area contributed by atoms with Crippen LogP contribution >= 0.6 is 11.6 Å². The zero-order valence-electron chi connectivity index (χ0n) is 12.2. The van der Waals surface area contributed by atoms with Crippen molar-refractivity contribution >= 4 is 39.8 Å². The molecule has 0 saturated heterocycles. The molecule has 3 rings (SSSR count). The summed E-state index contributed by atoms with van der Waals surface area (Å²) >= 11 is 6.05. The molecule has 0 saturated carbocycles. The Labute approximate surface area is 137 Å². The summed E-state index contributed by atoms with van der Waals surface area (Å²) in [5.41, 5.74) is 1.93. The average Bonchev–Trinajstić information content (AvgIpc) is 2.55. The number of fused-ring (bicyclic) bond motifs is 1. The molecule has 116 valence electrons. The first-order valence-electron chi connectivity index (χ1n) is 6.81. The Morgan fingerprint density at radius 2 is 1.96 bits per heavy atom. The molecule has 0 aliphatic heterocycles. The van der Waals surface area contributed by atoms with Crippen LogP contribution < -0.4 is 10.1 Å². The number of carboxylic acids is 1. The lowest BCUT2D eigenvalue weighted by molar-refractivity contribution is 0.0697. The molecule has 0 spiro atoms. The van der Waals surface area contributed by atoms with E-state index in [9.17, 15) is 9.90 Å². The number of hydrogen-bond donors (Lipinski definition) is 2. The highest BCUT2D eigenvalue weighted by atomic mass is 35.5. The zero-order valence-corrected chi connectivity index (χ0v) is 13.0. The lowest BCUT2D eigenvalue weighted by atomic mass is 10.1. The summed E-state index contributed by atoms with van der Waals surface area (Å²) < 4.78 is 5.12. The molecule has 0 fully saturated rings. The largest absolute Gasteiger partial charge is 0.497 e. The number of carbonyl (C=O) groups is 1. The second kappa shape index (κ2) is 6.14. The monoisotopic (exact) mass is 328 g/mol. The molecule has 0 radical (unpaired) electrons. The van der Waals surface area contributed by atoms with Gasteiger partial charge >= 0.3 is 5.97 Å². The number of aromatic carboxylic acids is 1. The lowest BCUT2D eigenvalue weighted by Gasteiger charge is -2.13. The molecule has 0 atom stereocenters. The van der Waals surface area contributed by atoms with Crippen LogP contribution in [-0.2, 0) is 0 Å². The first kappa shape index (κ1) is 15.1. The third-order valence-electron chi connectivity index (χ3n) is 3.42. The highest BCUT2D eigenvalue weighted by molar-refractivity contribution is 6.31. The van der Waals surface area contributed by atoms with Crippen LogP contribution in [0.4, 0.5) is 11.4 Å². The summed E-state index contributed by atoms with van der Waals surface area (Å²) in [6, 6.07) is 12.4. The number of pyridine rings is 1. The highest BCUT2D eigenvalue weighted by Crippen LogP contribution is 2.31. The van der Waals surface area contributed by atoms with Gasteiger partial charge in [0.25, 0.3) is 0 Å². The summed E-state index contributed by atoms with van der Waals surface area (Å²) in [6.45, 7) is 0.